The van der Waals surface area contributed by atoms with Gasteiger partial charge in [-0.2, -0.15) is 52.7 Å². The van der Waals surface area contributed by atoms with E-state index in [2.05, 4.69) is 0 Å². The number of rotatable bonds is 7. The summed E-state index contributed by atoms with van der Waals surface area (Å²) in [4.78, 5) is 10.4. The maximum absolute atomic E-state index is 14.0. The number of halogens is 12. The van der Waals surface area contributed by atoms with Crippen LogP contribution in [0.1, 0.15) is 22.3 Å². The molecule has 3 heterocycles. The van der Waals surface area contributed by atoms with Crippen molar-refractivity contribution in [2.75, 3.05) is 0 Å². The summed E-state index contributed by atoms with van der Waals surface area (Å²) in [5, 5.41) is 2.45. The van der Waals surface area contributed by atoms with Crippen LogP contribution < -0.4 is 0 Å². The van der Waals surface area contributed by atoms with Gasteiger partial charge < -0.3 is 9.13 Å². The Labute approximate surface area is 434 Å². The van der Waals surface area contributed by atoms with Gasteiger partial charge in [0.05, 0.1) is 67.1 Å². The molecule has 0 unspecified atom stereocenters. The molecule has 0 bridgehead atoms. The Morgan fingerprint density at radius 2 is 0.641 bits per heavy atom. The van der Waals surface area contributed by atoms with Gasteiger partial charge in [0.1, 0.15) is 0 Å². The third kappa shape index (κ3) is 8.85. The average Bonchev–Trinajstić information content (AvgIpc) is 4.03. The molecule has 0 amide bonds. The van der Waals surface area contributed by atoms with E-state index in [-0.39, 0.29) is 40.2 Å². The summed E-state index contributed by atoms with van der Waals surface area (Å²) >= 11 is 0. The van der Waals surface area contributed by atoms with Crippen LogP contribution >= 0.6 is 0 Å². The van der Waals surface area contributed by atoms with Crippen molar-refractivity contribution in [3.63, 3.8) is 0 Å². The van der Waals surface area contributed by atoms with Crippen molar-refractivity contribution in [1.82, 2.24) is 19.1 Å². The number of fused-ring (bicyclic) bond motifs is 6. The Morgan fingerprint density at radius 1 is 0.269 bits per heavy atom. The van der Waals surface area contributed by atoms with Crippen LogP contribution in [0.4, 0.5) is 52.7 Å². The molecule has 3 aromatic heterocycles. The third-order valence-electron chi connectivity index (χ3n) is 13.8. The van der Waals surface area contributed by atoms with E-state index in [1.807, 2.05) is 130 Å². The molecule has 12 rings (SSSR count). The second-order valence-electron chi connectivity index (χ2n) is 18.6. The molecule has 78 heavy (non-hydrogen) atoms. The Balaban J connectivity index is 1.03. The number of hydrogen-bond acceptors (Lipinski definition) is 2. The lowest BCUT2D eigenvalue weighted by atomic mass is 9.97. The van der Waals surface area contributed by atoms with Crippen LogP contribution in [0.15, 0.2) is 206 Å². The van der Waals surface area contributed by atoms with E-state index < -0.39 is 47.0 Å². The minimum absolute atomic E-state index is 0.0987. The van der Waals surface area contributed by atoms with Gasteiger partial charge in [-0.1, -0.05) is 109 Å². The quantitative estimate of drug-likeness (QED) is 0.149. The molecule has 0 fully saturated rings. The van der Waals surface area contributed by atoms with Gasteiger partial charge in [-0.15, -0.1) is 0 Å². The second-order valence-corrected chi connectivity index (χ2v) is 18.6. The molecule has 0 atom stereocenters. The van der Waals surface area contributed by atoms with Crippen molar-refractivity contribution in [1.29, 1.82) is 0 Å². The van der Waals surface area contributed by atoms with E-state index >= 15 is 0 Å². The maximum Gasteiger partial charge on any atom is 0.416 e. The summed E-state index contributed by atoms with van der Waals surface area (Å²) in [5.74, 6) is 0.286. The van der Waals surface area contributed by atoms with Crippen molar-refractivity contribution in [2.45, 2.75) is 24.7 Å². The van der Waals surface area contributed by atoms with Gasteiger partial charge in [-0.25, -0.2) is 9.97 Å². The Hall–Kier alpha value is -9.18. The molecule has 0 aliphatic heterocycles. The van der Waals surface area contributed by atoms with Gasteiger partial charge in [0.15, 0.2) is 5.82 Å². The lowest BCUT2D eigenvalue weighted by Crippen LogP contribution is -2.11. The third-order valence-corrected chi connectivity index (χ3v) is 13.8. The fourth-order valence-electron chi connectivity index (χ4n) is 10.3. The predicted molar refractivity (Wildman–Crippen MR) is 278 cm³/mol. The van der Waals surface area contributed by atoms with Crippen molar-refractivity contribution < 1.29 is 52.7 Å². The first-order chi connectivity index (χ1) is 37.2. The lowest BCUT2D eigenvalue weighted by molar-refractivity contribution is -0.144. The molecule has 0 radical (unpaired) electrons. The summed E-state index contributed by atoms with van der Waals surface area (Å²) in [5.41, 5.74) is 0.740. The van der Waals surface area contributed by atoms with Gasteiger partial charge in [0.2, 0.25) is 0 Å². The fourth-order valence-corrected chi connectivity index (χ4v) is 10.3. The van der Waals surface area contributed by atoms with Crippen LogP contribution in [0.3, 0.4) is 0 Å². The van der Waals surface area contributed by atoms with E-state index in [9.17, 15) is 52.7 Å². The first kappa shape index (κ1) is 49.7. The van der Waals surface area contributed by atoms with Crippen LogP contribution in [0, 0.1) is 0 Å². The van der Waals surface area contributed by atoms with Crippen molar-refractivity contribution in [3.05, 3.63) is 229 Å². The summed E-state index contributed by atoms with van der Waals surface area (Å²) in [6, 6.07) is 53.1. The Bertz CT molecular complexity index is 4020. The maximum atomic E-state index is 14.0. The highest BCUT2D eigenvalue weighted by Gasteiger charge is 2.39. The lowest BCUT2D eigenvalue weighted by Gasteiger charge is -2.17. The number of para-hydroxylation sites is 4. The van der Waals surface area contributed by atoms with Crippen LogP contribution in [-0.4, -0.2) is 19.1 Å². The van der Waals surface area contributed by atoms with E-state index in [0.29, 0.717) is 102 Å². The molecule has 0 aliphatic carbocycles. The molecule has 0 aliphatic rings. The minimum Gasteiger partial charge on any atom is -0.309 e. The van der Waals surface area contributed by atoms with Gasteiger partial charge in [-0.3, -0.25) is 0 Å². The summed E-state index contributed by atoms with van der Waals surface area (Å²) in [7, 11) is 0. The van der Waals surface area contributed by atoms with E-state index in [0.717, 1.165) is 5.56 Å². The first-order valence-corrected chi connectivity index (χ1v) is 24.0. The van der Waals surface area contributed by atoms with E-state index in [1.165, 1.54) is 12.1 Å². The molecular formula is C62H34F12N4. The number of alkyl halides is 12. The van der Waals surface area contributed by atoms with Crippen molar-refractivity contribution >= 4 is 43.6 Å². The molecular weight excluding hydrogens is 1030 g/mol. The molecule has 16 heteroatoms. The zero-order valence-corrected chi connectivity index (χ0v) is 40.0. The van der Waals surface area contributed by atoms with Crippen LogP contribution in [0.5, 0.6) is 0 Å². The summed E-state index contributed by atoms with van der Waals surface area (Å²) < 4.78 is 172. The normalized spacial score (nSPS) is 12.6. The fraction of sp³-hybridized carbons (Fsp3) is 0.0645. The number of hydrogen-bond donors (Lipinski definition) is 0. The molecule has 9 aromatic carbocycles. The Morgan fingerprint density at radius 3 is 1.10 bits per heavy atom. The van der Waals surface area contributed by atoms with Gasteiger partial charge in [0.25, 0.3) is 0 Å². The smallest absolute Gasteiger partial charge is 0.309 e. The number of benzene rings is 9. The molecule has 386 valence electrons. The molecule has 0 spiro atoms. The molecule has 4 nitrogen and oxygen atoms in total. The van der Waals surface area contributed by atoms with Gasteiger partial charge >= 0.3 is 24.7 Å². The highest BCUT2D eigenvalue weighted by molar-refractivity contribution is 6.12. The van der Waals surface area contributed by atoms with Crippen molar-refractivity contribution in [3.8, 4) is 67.5 Å². The van der Waals surface area contributed by atoms with E-state index in [1.54, 1.807) is 36.4 Å². The Kier molecular flexibility index (Phi) is 11.6. The monoisotopic (exact) mass is 1060 g/mol. The van der Waals surface area contributed by atoms with Crippen LogP contribution in [0.25, 0.3) is 111 Å². The van der Waals surface area contributed by atoms with Gasteiger partial charge in [-0.05, 0) is 119 Å². The SMILES string of the molecule is FC(F)(F)c1cc(-c2ccc3c(c2)c2ccccc2n3-c2ccccc2-c2cc(-c3ccccc3)nc(-c3ccccc3-n3c4ccccc4c4cc(-c5cc(C(F)(F)F)cc(C(F)(F)F)c5)ccc43)n2)cc(C(F)(F)F)c1. The highest BCUT2D eigenvalue weighted by Crippen LogP contribution is 2.45. The highest BCUT2D eigenvalue weighted by atomic mass is 19.4. The number of aromatic nitrogens is 4. The first-order valence-electron chi connectivity index (χ1n) is 24.0. The van der Waals surface area contributed by atoms with E-state index in [4.69, 9.17) is 9.97 Å². The standard InChI is InChI=1S/C62H34F12N4/c63-59(64,65)40-26-38(27-41(32-40)60(66,67)68)36-22-24-56-48(30-36)44-14-4-8-18-52(44)77(56)54-20-10-6-16-46(54)51-34-50(35-12-2-1-3-13-35)75-58(76-51)47-17-7-11-21-55(47)78-53-19-9-5-15-45(53)49-31-37(23-25-57(49)78)39-28-42(61(69,70)71)33-43(29-39)62(72,73)74/h1-34H. The predicted octanol–water partition coefficient (Wildman–Crippen LogP) is 19.1. The number of nitrogens with zero attached hydrogens (tertiary/aromatic N) is 4. The largest absolute Gasteiger partial charge is 0.416 e. The molecule has 12 aromatic rings. The van der Waals surface area contributed by atoms with Crippen LogP contribution in [0.2, 0.25) is 0 Å². The van der Waals surface area contributed by atoms with Crippen LogP contribution in [-0.2, 0) is 24.7 Å². The van der Waals surface area contributed by atoms with Crippen molar-refractivity contribution in [2.24, 2.45) is 0 Å². The minimum atomic E-state index is -5.04. The zero-order chi connectivity index (χ0) is 54.5. The summed E-state index contributed by atoms with van der Waals surface area (Å²) in [6.45, 7) is 0. The second kappa shape index (κ2) is 18.2. The zero-order valence-electron chi connectivity index (χ0n) is 40.0. The summed E-state index contributed by atoms with van der Waals surface area (Å²) in [6.07, 6.45) is -20.2. The molecule has 0 N–H and O–H groups in total. The molecule has 0 saturated heterocycles. The average molecular weight is 1060 g/mol. The topological polar surface area (TPSA) is 35.6 Å². The molecule has 0 saturated carbocycles. The van der Waals surface area contributed by atoms with Gasteiger partial charge in [0, 0.05) is 38.2 Å².